The molecule has 3 heterocycles. The van der Waals surface area contributed by atoms with Crippen LogP contribution in [0.1, 0.15) is 16.6 Å². The predicted molar refractivity (Wildman–Crippen MR) is 64.7 cm³/mol. The summed E-state index contributed by atoms with van der Waals surface area (Å²) >= 11 is 1.70. The maximum atomic E-state index is 5.55. The Morgan fingerprint density at radius 3 is 3.35 bits per heavy atom. The molecule has 2 aromatic rings. The minimum absolute atomic E-state index is 0.272. The molecule has 0 unspecified atom stereocenters. The van der Waals surface area contributed by atoms with E-state index in [4.69, 9.17) is 4.74 Å². The highest BCUT2D eigenvalue weighted by Gasteiger charge is 2.25. The van der Waals surface area contributed by atoms with E-state index in [0.29, 0.717) is 0 Å². The molecule has 0 spiro atoms. The Hall–Kier alpha value is -1.24. The second-order valence-corrected chi connectivity index (χ2v) is 5.01. The van der Waals surface area contributed by atoms with Crippen molar-refractivity contribution in [2.75, 3.05) is 19.8 Å². The van der Waals surface area contributed by atoms with E-state index in [9.17, 15) is 0 Å². The minimum atomic E-state index is 0.272. The Bertz CT molecular complexity index is 442. The zero-order valence-electron chi connectivity index (χ0n) is 9.37. The summed E-state index contributed by atoms with van der Waals surface area (Å²) in [5.41, 5.74) is 3.00. The fraction of sp³-hybridized carbons (Fsp3) is 0.455. The van der Waals surface area contributed by atoms with Crippen LogP contribution in [0.5, 0.6) is 0 Å². The average molecular weight is 250 g/mol. The topological polar surface area (TPSA) is 54.0 Å². The van der Waals surface area contributed by atoms with E-state index in [2.05, 4.69) is 20.1 Å². The van der Waals surface area contributed by atoms with Crippen LogP contribution in [0.3, 0.4) is 0 Å². The molecule has 17 heavy (non-hydrogen) atoms. The van der Waals surface area contributed by atoms with Crippen molar-refractivity contribution in [3.63, 3.8) is 0 Å². The number of rotatable bonds is 3. The van der Waals surface area contributed by atoms with Gasteiger partial charge in [-0.15, -0.1) is 11.3 Å². The molecule has 1 atom stereocenters. The van der Waals surface area contributed by atoms with Gasteiger partial charge >= 0.3 is 0 Å². The highest BCUT2D eigenvalue weighted by atomic mass is 32.1. The summed E-state index contributed by atoms with van der Waals surface area (Å²) in [5, 5.41) is 7.04. The number of hydrogen-bond acceptors (Lipinski definition) is 5. The van der Waals surface area contributed by atoms with Gasteiger partial charge in [-0.3, -0.25) is 15.0 Å². The zero-order valence-corrected chi connectivity index (χ0v) is 10.2. The van der Waals surface area contributed by atoms with Gasteiger partial charge in [-0.05, 0) is 6.07 Å². The number of nitrogens with one attached hydrogen (secondary N) is 1. The third kappa shape index (κ3) is 2.38. The van der Waals surface area contributed by atoms with Gasteiger partial charge in [-0.25, -0.2) is 0 Å². The van der Waals surface area contributed by atoms with Gasteiger partial charge in [-0.2, -0.15) is 5.10 Å². The van der Waals surface area contributed by atoms with Crippen molar-refractivity contribution in [2.24, 2.45) is 0 Å². The number of aromatic nitrogens is 3. The molecule has 1 N–H and O–H groups in total. The molecule has 0 aromatic carbocycles. The van der Waals surface area contributed by atoms with E-state index >= 15 is 0 Å². The first-order valence-electron chi connectivity index (χ1n) is 5.62. The minimum Gasteiger partial charge on any atom is -0.378 e. The molecule has 0 bridgehead atoms. The van der Waals surface area contributed by atoms with Crippen LogP contribution in [0.15, 0.2) is 24.0 Å². The lowest BCUT2D eigenvalue weighted by Gasteiger charge is -2.34. The summed E-state index contributed by atoms with van der Waals surface area (Å²) in [5.74, 6) is 0. The molecule has 0 amide bonds. The van der Waals surface area contributed by atoms with Gasteiger partial charge in [0, 0.05) is 30.4 Å². The lowest BCUT2D eigenvalue weighted by Crippen LogP contribution is -2.39. The predicted octanol–water partition coefficient (Wildman–Crippen LogP) is 1.44. The number of ether oxygens (including phenoxy) is 1. The fourth-order valence-corrected chi connectivity index (χ4v) is 2.71. The van der Waals surface area contributed by atoms with Crippen LogP contribution in [0.4, 0.5) is 0 Å². The van der Waals surface area contributed by atoms with Crippen molar-refractivity contribution in [1.29, 1.82) is 0 Å². The third-order valence-corrected chi connectivity index (χ3v) is 3.73. The van der Waals surface area contributed by atoms with Crippen molar-refractivity contribution < 1.29 is 4.74 Å². The van der Waals surface area contributed by atoms with Crippen LogP contribution in [0.25, 0.3) is 0 Å². The van der Waals surface area contributed by atoms with Crippen LogP contribution >= 0.6 is 11.3 Å². The van der Waals surface area contributed by atoms with E-state index in [-0.39, 0.29) is 6.04 Å². The van der Waals surface area contributed by atoms with Gasteiger partial charge in [0.1, 0.15) is 0 Å². The number of hydrogen-bond donors (Lipinski definition) is 1. The molecule has 6 heteroatoms. The van der Waals surface area contributed by atoms with Crippen LogP contribution in [-0.2, 0) is 11.3 Å². The quantitative estimate of drug-likeness (QED) is 0.895. The van der Waals surface area contributed by atoms with Gasteiger partial charge in [0.05, 0.1) is 30.5 Å². The molecule has 1 aliphatic rings. The lowest BCUT2D eigenvalue weighted by atomic mass is 10.1. The standard InChI is InChI=1S/C11H14N4OS/c1-2-13-14-10(1)11-7-16-4-3-15(11)6-9-5-12-8-17-9/h1-2,5,8,11H,3-4,6-7H2,(H,13,14)/t11-/m0/s1. The summed E-state index contributed by atoms with van der Waals surface area (Å²) in [7, 11) is 0. The van der Waals surface area contributed by atoms with Gasteiger partial charge in [0.2, 0.25) is 0 Å². The first-order valence-corrected chi connectivity index (χ1v) is 6.50. The van der Waals surface area contributed by atoms with Crippen LogP contribution in [0.2, 0.25) is 0 Å². The zero-order chi connectivity index (χ0) is 11.5. The summed E-state index contributed by atoms with van der Waals surface area (Å²) in [4.78, 5) is 7.81. The third-order valence-electron chi connectivity index (χ3n) is 2.96. The smallest absolute Gasteiger partial charge is 0.0794 e. The highest BCUT2D eigenvalue weighted by Crippen LogP contribution is 2.24. The normalized spacial score (nSPS) is 21.8. The number of thiazole rings is 1. The van der Waals surface area contributed by atoms with Crippen LogP contribution < -0.4 is 0 Å². The Balaban J connectivity index is 1.76. The molecule has 0 aliphatic carbocycles. The first kappa shape index (κ1) is 10.9. The molecule has 3 rings (SSSR count). The monoisotopic (exact) mass is 250 g/mol. The summed E-state index contributed by atoms with van der Waals surface area (Å²) in [6.07, 6.45) is 3.72. The van der Waals surface area contributed by atoms with Crippen LogP contribution in [0, 0.1) is 0 Å². The van der Waals surface area contributed by atoms with Crippen molar-refractivity contribution in [1.82, 2.24) is 20.1 Å². The molecular weight excluding hydrogens is 236 g/mol. The maximum Gasteiger partial charge on any atom is 0.0794 e. The molecule has 0 radical (unpaired) electrons. The average Bonchev–Trinajstić information content (AvgIpc) is 3.01. The van der Waals surface area contributed by atoms with Crippen molar-refractivity contribution in [2.45, 2.75) is 12.6 Å². The van der Waals surface area contributed by atoms with E-state index in [1.807, 2.05) is 17.8 Å². The second kappa shape index (κ2) is 4.95. The largest absolute Gasteiger partial charge is 0.378 e. The Morgan fingerprint density at radius 2 is 2.59 bits per heavy atom. The Morgan fingerprint density at radius 1 is 1.59 bits per heavy atom. The SMILES string of the molecule is c1cc([C@@H]2COCCN2Cc2cncs2)[nH]n1. The van der Waals surface area contributed by atoms with Crippen molar-refractivity contribution >= 4 is 11.3 Å². The fourth-order valence-electron chi connectivity index (χ4n) is 2.09. The lowest BCUT2D eigenvalue weighted by molar-refractivity contribution is -0.0138. The molecule has 90 valence electrons. The summed E-state index contributed by atoms with van der Waals surface area (Å²) < 4.78 is 5.55. The molecule has 5 nitrogen and oxygen atoms in total. The Kier molecular flexibility index (Phi) is 3.17. The highest BCUT2D eigenvalue weighted by molar-refractivity contribution is 7.09. The second-order valence-electron chi connectivity index (χ2n) is 4.04. The van der Waals surface area contributed by atoms with E-state index < -0.39 is 0 Å². The molecule has 1 saturated heterocycles. The number of H-pyrrole nitrogens is 1. The van der Waals surface area contributed by atoms with Crippen LogP contribution in [-0.4, -0.2) is 39.8 Å². The summed E-state index contributed by atoms with van der Waals surface area (Å²) in [6, 6.07) is 2.28. The van der Waals surface area contributed by atoms with Gasteiger partial charge < -0.3 is 4.74 Å². The molecule has 2 aromatic heterocycles. The van der Waals surface area contributed by atoms with Gasteiger partial charge in [-0.1, -0.05) is 0 Å². The van der Waals surface area contributed by atoms with E-state index in [0.717, 1.165) is 32.0 Å². The number of aromatic amines is 1. The Labute approximate surface area is 103 Å². The summed E-state index contributed by atoms with van der Waals surface area (Å²) in [6.45, 7) is 3.39. The number of nitrogens with zero attached hydrogens (tertiary/aromatic N) is 3. The van der Waals surface area contributed by atoms with Crippen molar-refractivity contribution in [3.8, 4) is 0 Å². The van der Waals surface area contributed by atoms with E-state index in [1.54, 1.807) is 17.5 Å². The van der Waals surface area contributed by atoms with Gasteiger partial charge in [0.15, 0.2) is 0 Å². The first-order chi connectivity index (χ1) is 8.43. The molecule has 1 aliphatic heterocycles. The molecule has 1 fully saturated rings. The van der Waals surface area contributed by atoms with Gasteiger partial charge in [0.25, 0.3) is 0 Å². The number of morpholine rings is 1. The maximum absolute atomic E-state index is 5.55. The van der Waals surface area contributed by atoms with E-state index in [1.165, 1.54) is 4.88 Å². The molecule has 0 saturated carbocycles. The van der Waals surface area contributed by atoms with Crippen molar-refractivity contribution in [3.05, 3.63) is 34.5 Å². The molecular formula is C11H14N4OS.